The van der Waals surface area contributed by atoms with Crippen molar-refractivity contribution < 1.29 is 13.3 Å². The maximum atomic E-state index is 6.33. The number of oxazole rings is 2. The zero-order chi connectivity index (χ0) is 37.0. The highest BCUT2D eigenvalue weighted by molar-refractivity contribution is 6.06. The number of hydrogen-bond acceptors (Lipinski definition) is 6. The van der Waals surface area contributed by atoms with Gasteiger partial charge in [0.25, 0.3) is 0 Å². The van der Waals surface area contributed by atoms with Gasteiger partial charge in [0, 0.05) is 45.0 Å². The molecule has 0 aliphatic heterocycles. The summed E-state index contributed by atoms with van der Waals surface area (Å²) in [6, 6.07) is 64.2. The molecule has 0 bridgehead atoms. The van der Waals surface area contributed by atoms with E-state index >= 15 is 0 Å². The Bertz CT molecular complexity index is 3180. The third-order valence-electron chi connectivity index (χ3n) is 10.4. The van der Waals surface area contributed by atoms with Crippen LogP contribution in [0.25, 0.3) is 89.3 Å². The quantitative estimate of drug-likeness (QED) is 0.163. The van der Waals surface area contributed by atoms with Crippen LogP contribution in [0.4, 0.5) is 17.1 Å². The second kappa shape index (κ2) is 13.0. The lowest BCUT2D eigenvalue weighted by Crippen LogP contribution is -2.09. The van der Waals surface area contributed by atoms with Crippen LogP contribution in [0.2, 0.25) is 0 Å². The second-order valence-corrected chi connectivity index (χ2v) is 13.8. The van der Waals surface area contributed by atoms with Crippen molar-refractivity contribution in [3.05, 3.63) is 188 Å². The highest BCUT2D eigenvalue weighted by Gasteiger charge is 2.17. The molecule has 3 aromatic heterocycles. The van der Waals surface area contributed by atoms with Crippen LogP contribution in [0.15, 0.2) is 201 Å². The molecule has 6 heteroatoms. The molecule has 0 saturated carbocycles. The van der Waals surface area contributed by atoms with Crippen molar-refractivity contribution in [3.8, 4) is 45.2 Å². The molecule has 11 rings (SSSR count). The van der Waals surface area contributed by atoms with E-state index in [1.54, 1.807) is 0 Å². The van der Waals surface area contributed by atoms with Gasteiger partial charge < -0.3 is 18.2 Å². The summed E-state index contributed by atoms with van der Waals surface area (Å²) in [5.41, 5.74) is 14.0. The molecule has 0 fully saturated rings. The molecule has 0 aliphatic carbocycles. The van der Waals surface area contributed by atoms with Gasteiger partial charge in [-0.05, 0) is 113 Å². The van der Waals surface area contributed by atoms with Crippen molar-refractivity contribution in [2.45, 2.75) is 0 Å². The third-order valence-corrected chi connectivity index (χ3v) is 10.4. The zero-order valence-corrected chi connectivity index (χ0v) is 30.0. The molecule has 0 amide bonds. The van der Waals surface area contributed by atoms with E-state index in [1.807, 2.05) is 91.0 Å². The number of fused-ring (bicyclic) bond motifs is 5. The molecule has 0 radical (unpaired) electrons. The van der Waals surface area contributed by atoms with E-state index in [0.717, 1.165) is 89.0 Å². The van der Waals surface area contributed by atoms with Crippen LogP contribution < -0.4 is 4.90 Å². The molecular formula is C50H31N3O3. The van der Waals surface area contributed by atoms with Gasteiger partial charge in [-0.3, -0.25) is 0 Å². The van der Waals surface area contributed by atoms with Crippen LogP contribution in [0.1, 0.15) is 0 Å². The van der Waals surface area contributed by atoms with E-state index in [1.165, 1.54) is 0 Å². The highest BCUT2D eigenvalue weighted by Crippen LogP contribution is 2.40. The first-order valence-corrected chi connectivity index (χ1v) is 18.5. The van der Waals surface area contributed by atoms with E-state index in [0.29, 0.717) is 17.4 Å². The number of nitrogens with zero attached hydrogens (tertiary/aromatic N) is 3. The first-order chi connectivity index (χ1) is 27.7. The molecule has 0 N–H and O–H groups in total. The Kier molecular flexibility index (Phi) is 7.38. The zero-order valence-electron chi connectivity index (χ0n) is 30.0. The number of para-hydroxylation sites is 1. The maximum Gasteiger partial charge on any atom is 0.227 e. The molecular weight excluding hydrogens is 691 g/mol. The van der Waals surface area contributed by atoms with Crippen LogP contribution >= 0.6 is 0 Å². The summed E-state index contributed by atoms with van der Waals surface area (Å²) in [6.45, 7) is 0. The maximum absolute atomic E-state index is 6.33. The topological polar surface area (TPSA) is 68.4 Å². The summed E-state index contributed by atoms with van der Waals surface area (Å²) in [5, 5.41) is 2.24. The standard InChI is InChI=1S/C50H31N3O3/c1-3-9-34(10-4-1)49-51-43-27-20-37(30-47(43)55-49)33-17-23-39(24-18-33)53(40-25-28-44-48(31-40)56-50(52-44)35-11-5-2-6-12-35)38-21-15-32(16-22-38)36-19-26-42-41-13-7-8-14-45(41)54-46(42)29-36/h1-31H. The van der Waals surface area contributed by atoms with Gasteiger partial charge in [-0.15, -0.1) is 0 Å². The summed E-state index contributed by atoms with van der Waals surface area (Å²) in [5.74, 6) is 1.21. The van der Waals surface area contributed by atoms with Gasteiger partial charge in [-0.2, -0.15) is 0 Å². The number of rotatable bonds is 7. The van der Waals surface area contributed by atoms with Crippen LogP contribution in [0.3, 0.4) is 0 Å². The number of hydrogen-bond donors (Lipinski definition) is 0. The lowest BCUT2D eigenvalue weighted by molar-refractivity contribution is 0.619. The molecule has 0 atom stereocenters. The molecule has 6 nitrogen and oxygen atoms in total. The van der Waals surface area contributed by atoms with E-state index in [2.05, 4.69) is 102 Å². The average Bonchev–Trinajstić information content (AvgIpc) is 4.00. The van der Waals surface area contributed by atoms with Gasteiger partial charge in [0.15, 0.2) is 11.2 Å². The average molecular weight is 722 g/mol. The fourth-order valence-corrected chi connectivity index (χ4v) is 7.52. The fraction of sp³-hybridized carbons (Fsp3) is 0. The molecule has 0 unspecified atom stereocenters. The van der Waals surface area contributed by atoms with Crippen molar-refractivity contribution in [1.82, 2.24) is 9.97 Å². The van der Waals surface area contributed by atoms with Gasteiger partial charge in [0.2, 0.25) is 11.8 Å². The molecule has 0 aliphatic rings. The Hall–Kier alpha value is -7.70. The van der Waals surface area contributed by atoms with Crippen molar-refractivity contribution in [1.29, 1.82) is 0 Å². The number of anilines is 3. The number of benzene rings is 8. The summed E-state index contributed by atoms with van der Waals surface area (Å²) in [7, 11) is 0. The van der Waals surface area contributed by atoms with Crippen molar-refractivity contribution in [2.75, 3.05) is 4.90 Å². The fourth-order valence-electron chi connectivity index (χ4n) is 7.52. The Labute approximate surface area is 321 Å². The van der Waals surface area contributed by atoms with E-state index in [-0.39, 0.29) is 0 Å². The minimum absolute atomic E-state index is 0.596. The molecule has 56 heavy (non-hydrogen) atoms. The van der Waals surface area contributed by atoms with Crippen molar-refractivity contribution in [2.24, 2.45) is 0 Å². The SMILES string of the molecule is c1ccc(-c2nc3ccc(-c4ccc(N(c5ccc(-c6ccc7c(c6)oc6ccccc67)cc5)c5ccc6nc(-c7ccccc7)oc6c5)cc4)cc3o2)cc1. The minimum Gasteiger partial charge on any atom is -0.456 e. The second-order valence-electron chi connectivity index (χ2n) is 13.8. The largest absolute Gasteiger partial charge is 0.456 e. The van der Waals surface area contributed by atoms with Gasteiger partial charge in [-0.25, -0.2) is 9.97 Å². The molecule has 3 heterocycles. The predicted molar refractivity (Wildman–Crippen MR) is 225 cm³/mol. The first kappa shape index (κ1) is 31.8. The van der Waals surface area contributed by atoms with Crippen LogP contribution in [0, 0.1) is 0 Å². The van der Waals surface area contributed by atoms with E-state index in [9.17, 15) is 0 Å². The molecule has 11 aromatic rings. The molecule has 0 saturated heterocycles. The van der Waals surface area contributed by atoms with Gasteiger partial charge in [-0.1, -0.05) is 91.0 Å². The Morgan fingerprint density at radius 2 is 0.768 bits per heavy atom. The highest BCUT2D eigenvalue weighted by atomic mass is 16.4. The first-order valence-electron chi connectivity index (χ1n) is 18.5. The monoisotopic (exact) mass is 721 g/mol. The molecule has 264 valence electrons. The summed E-state index contributed by atoms with van der Waals surface area (Å²) < 4.78 is 18.7. The number of aromatic nitrogens is 2. The Balaban J connectivity index is 0.964. The minimum atomic E-state index is 0.596. The Morgan fingerprint density at radius 1 is 0.304 bits per heavy atom. The lowest BCUT2D eigenvalue weighted by atomic mass is 10.0. The lowest BCUT2D eigenvalue weighted by Gasteiger charge is -2.26. The summed E-state index contributed by atoms with van der Waals surface area (Å²) in [6.07, 6.45) is 0. The molecule has 8 aromatic carbocycles. The summed E-state index contributed by atoms with van der Waals surface area (Å²) in [4.78, 5) is 11.8. The van der Waals surface area contributed by atoms with Gasteiger partial charge >= 0.3 is 0 Å². The predicted octanol–water partition coefficient (Wildman–Crippen LogP) is 14.0. The normalized spacial score (nSPS) is 11.6. The van der Waals surface area contributed by atoms with E-state index in [4.69, 9.17) is 23.2 Å². The van der Waals surface area contributed by atoms with Gasteiger partial charge in [0.05, 0.1) is 0 Å². The smallest absolute Gasteiger partial charge is 0.227 e. The van der Waals surface area contributed by atoms with Crippen molar-refractivity contribution in [3.63, 3.8) is 0 Å². The van der Waals surface area contributed by atoms with Gasteiger partial charge in [0.1, 0.15) is 22.2 Å². The number of furan rings is 1. The third kappa shape index (κ3) is 5.60. The van der Waals surface area contributed by atoms with E-state index < -0.39 is 0 Å². The van der Waals surface area contributed by atoms with Crippen LogP contribution in [0.5, 0.6) is 0 Å². The van der Waals surface area contributed by atoms with Crippen LogP contribution in [-0.4, -0.2) is 9.97 Å². The summed E-state index contributed by atoms with van der Waals surface area (Å²) >= 11 is 0. The Morgan fingerprint density at radius 3 is 1.39 bits per heavy atom. The van der Waals surface area contributed by atoms with Crippen LogP contribution in [-0.2, 0) is 0 Å². The van der Waals surface area contributed by atoms with Crippen molar-refractivity contribution >= 4 is 61.2 Å². The molecule has 0 spiro atoms.